The van der Waals surface area contributed by atoms with E-state index in [0.717, 1.165) is 16.5 Å². The number of aromatic nitrogens is 4. The van der Waals surface area contributed by atoms with Gasteiger partial charge in [-0.1, -0.05) is 42.1 Å². The van der Waals surface area contributed by atoms with E-state index in [-0.39, 0.29) is 17.5 Å². The summed E-state index contributed by atoms with van der Waals surface area (Å²) in [6, 6.07) is 21.2. The number of fused-ring (bicyclic) bond motifs is 1. The van der Waals surface area contributed by atoms with Crippen molar-refractivity contribution >= 4 is 34.3 Å². The van der Waals surface area contributed by atoms with E-state index in [4.69, 9.17) is 4.74 Å². The first-order chi connectivity index (χ1) is 16.6. The highest BCUT2D eigenvalue weighted by Gasteiger charge is 2.20. The molecule has 2 N–H and O–H groups in total. The van der Waals surface area contributed by atoms with E-state index in [9.17, 15) is 9.18 Å². The maximum Gasteiger partial charge on any atom is 0.234 e. The van der Waals surface area contributed by atoms with Crippen molar-refractivity contribution in [1.29, 1.82) is 0 Å². The van der Waals surface area contributed by atoms with Gasteiger partial charge >= 0.3 is 0 Å². The van der Waals surface area contributed by atoms with Gasteiger partial charge in [0.05, 0.1) is 18.6 Å². The van der Waals surface area contributed by atoms with Gasteiger partial charge in [0.2, 0.25) is 5.91 Å². The predicted molar refractivity (Wildman–Crippen MR) is 131 cm³/mol. The zero-order chi connectivity index (χ0) is 23.5. The van der Waals surface area contributed by atoms with Gasteiger partial charge in [0.25, 0.3) is 0 Å². The number of aromatic amines is 1. The second-order valence-corrected chi connectivity index (χ2v) is 8.35. The summed E-state index contributed by atoms with van der Waals surface area (Å²) in [5.41, 5.74) is 3.11. The molecule has 9 heteroatoms. The van der Waals surface area contributed by atoms with E-state index in [1.165, 1.54) is 23.9 Å². The summed E-state index contributed by atoms with van der Waals surface area (Å²) in [6.07, 6.45) is 1.87. The van der Waals surface area contributed by atoms with Crippen LogP contribution in [0.3, 0.4) is 0 Å². The number of para-hydroxylation sites is 3. The molecule has 0 atom stereocenters. The molecule has 0 saturated heterocycles. The van der Waals surface area contributed by atoms with Crippen LogP contribution in [-0.2, 0) is 4.79 Å². The molecule has 0 unspecified atom stereocenters. The van der Waals surface area contributed by atoms with Crippen LogP contribution in [0, 0.1) is 5.82 Å². The molecule has 0 fully saturated rings. The van der Waals surface area contributed by atoms with Crippen LogP contribution in [-0.4, -0.2) is 38.5 Å². The van der Waals surface area contributed by atoms with E-state index in [1.807, 2.05) is 47.2 Å². The number of carbonyl (C=O) groups excluding carboxylic acids is 1. The number of hydrogen-bond donors (Lipinski definition) is 2. The third kappa shape index (κ3) is 4.25. The summed E-state index contributed by atoms with van der Waals surface area (Å²) in [6.45, 7) is 0. The van der Waals surface area contributed by atoms with Gasteiger partial charge in [-0.05, 0) is 42.5 Å². The average molecular weight is 474 g/mol. The Morgan fingerprint density at radius 3 is 2.65 bits per heavy atom. The van der Waals surface area contributed by atoms with Crippen molar-refractivity contribution in [3.63, 3.8) is 0 Å². The van der Waals surface area contributed by atoms with Gasteiger partial charge in [-0.15, -0.1) is 10.2 Å². The fourth-order valence-corrected chi connectivity index (χ4v) is 4.43. The molecular weight excluding hydrogens is 453 g/mol. The molecule has 2 heterocycles. The Balaban J connectivity index is 1.46. The molecule has 0 saturated carbocycles. The van der Waals surface area contributed by atoms with Crippen LogP contribution in [0.5, 0.6) is 5.75 Å². The standard InChI is InChI=1S/C25H20FN5O2S/c1-33-22-9-5-4-8-21(22)28-23(32)15-34-25-30-29-24(31(25)17-12-10-16(26)11-13-17)19-14-27-20-7-3-2-6-18(19)20/h2-14,27H,15H2,1H3,(H,28,32). The number of amides is 1. The lowest BCUT2D eigenvalue weighted by Gasteiger charge is -2.11. The van der Waals surface area contributed by atoms with Crippen LogP contribution in [0.25, 0.3) is 28.0 Å². The molecular formula is C25H20FN5O2S. The van der Waals surface area contributed by atoms with E-state index < -0.39 is 0 Å². The Kier molecular flexibility index (Phi) is 6.01. The number of methoxy groups -OCH3 is 1. The molecule has 34 heavy (non-hydrogen) atoms. The SMILES string of the molecule is COc1ccccc1NC(=O)CSc1nnc(-c2c[nH]c3ccccc23)n1-c1ccc(F)cc1. The Labute approximate surface area is 199 Å². The Hall–Kier alpha value is -4.11. The maximum atomic E-state index is 13.6. The highest BCUT2D eigenvalue weighted by atomic mass is 32.2. The van der Waals surface area contributed by atoms with E-state index in [1.54, 1.807) is 31.4 Å². The molecule has 5 aromatic rings. The third-order valence-electron chi connectivity index (χ3n) is 5.26. The minimum Gasteiger partial charge on any atom is -0.495 e. The van der Waals surface area contributed by atoms with Crippen LogP contribution >= 0.6 is 11.8 Å². The summed E-state index contributed by atoms with van der Waals surface area (Å²) in [4.78, 5) is 15.9. The number of hydrogen-bond acceptors (Lipinski definition) is 5. The van der Waals surface area contributed by atoms with Crippen molar-refractivity contribution in [2.24, 2.45) is 0 Å². The third-order valence-corrected chi connectivity index (χ3v) is 6.19. The molecule has 1 amide bonds. The first-order valence-electron chi connectivity index (χ1n) is 10.5. The number of nitrogens with zero attached hydrogens (tertiary/aromatic N) is 3. The lowest BCUT2D eigenvalue weighted by molar-refractivity contribution is -0.113. The first-order valence-corrected chi connectivity index (χ1v) is 11.5. The number of H-pyrrole nitrogens is 1. The fraction of sp³-hybridized carbons (Fsp3) is 0.0800. The van der Waals surface area contributed by atoms with Crippen molar-refractivity contribution in [2.75, 3.05) is 18.2 Å². The van der Waals surface area contributed by atoms with E-state index in [0.29, 0.717) is 28.1 Å². The van der Waals surface area contributed by atoms with Gasteiger partial charge in [0, 0.05) is 28.4 Å². The number of ether oxygens (including phenoxy) is 1. The van der Waals surface area contributed by atoms with Crippen molar-refractivity contribution in [3.8, 4) is 22.8 Å². The van der Waals surface area contributed by atoms with Crippen LogP contribution in [0.4, 0.5) is 10.1 Å². The summed E-state index contributed by atoms with van der Waals surface area (Å²) in [5.74, 6) is 0.729. The number of nitrogens with one attached hydrogen (secondary N) is 2. The van der Waals surface area contributed by atoms with Crippen LogP contribution in [0.2, 0.25) is 0 Å². The molecule has 170 valence electrons. The largest absolute Gasteiger partial charge is 0.495 e. The normalized spacial score (nSPS) is 11.0. The molecule has 0 aliphatic rings. The minimum absolute atomic E-state index is 0.102. The highest BCUT2D eigenvalue weighted by molar-refractivity contribution is 7.99. The minimum atomic E-state index is -0.337. The van der Waals surface area contributed by atoms with Crippen molar-refractivity contribution in [1.82, 2.24) is 19.7 Å². The summed E-state index contributed by atoms with van der Waals surface area (Å²) in [5, 5.41) is 13.1. The first kappa shape index (κ1) is 21.7. The van der Waals surface area contributed by atoms with Crippen LogP contribution in [0.15, 0.2) is 84.1 Å². The highest BCUT2D eigenvalue weighted by Crippen LogP contribution is 2.32. The monoisotopic (exact) mass is 473 g/mol. The molecule has 5 rings (SSSR count). The molecule has 0 spiro atoms. The lowest BCUT2D eigenvalue weighted by atomic mass is 10.1. The topological polar surface area (TPSA) is 84.8 Å². The zero-order valence-electron chi connectivity index (χ0n) is 18.2. The average Bonchev–Trinajstić information content (AvgIpc) is 3.47. The van der Waals surface area contributed by atoms with Gasteiger partial charge in [0.15, 0.2) is 11.0 Å². The molecule has 0 aliphatic carbocycles. The molecule has 7 nitrogen and oxygen atoms in total. The summed E-state index contributed by atoms with van der Waals surface area (Å²) < 4.78 is 20.7. The Morgan fingerprint density at radius 1 is 1.06 bits per heavy atom. The predicted octanol–water partition coefficient (Wildman–Crippen LogP) is 5.29. The molecule has 0 aliphatic heterocycles. The van der Waals surface area contributed by atoms with Gasteiger partial charge < -0.3 is 15.0 Å². The maximum absolute atomic E-state index is 13.6. The van der Waals surface area contributed by atoms with Gasteiger partial charge in [-0.3, -0.25) is 9.36 Å². The van der Waals surface area contributed by atoms with Crippen molar-refractivity contribution < 1.29 is 13.9 Å². The number of rotatable bonds is 7. The number of benzene rings is 3. The quantitative estimate of drug-likeness (QED) is 0.314. The number of thioether (sulfide) groups is 1. The molecule has 2 aromatic heterocycles. The second kappa shape index (κ2) is 9.40. The molecule has 3 aromatic carbocycles. The number of carbonyl (C=O) groups is 1. The summed E-state index contributed by atoms with van der Waals surface area (Å²) in [7, 11) is 1.55. The van der Waals surface area contributed by atoms with E-state index in [2.05, 4.69) is 20.5 Å². The van der Waals surface area contributed by atoms with Gasteiger partial charge in [0.1, 0.15) is 11.6 Å². The smallest absolute Gasteiger partial charge is 0.234 e. The van der Waals surface area contributed by atoms with Crippen molar-refractivity contribution in [3.05, 3.63) is 84.8 Å². The number of halogens is 1. The van der Waals surface area contributed by atoms with Crippen LogP contribution < -0.4 is 10.1 Å². The molecule has 0 bridgehead atoms. The van der Waals surface area contributed by atoms with Gasteiger partial charge in [-0.2, -0.15) is 0 Å². The second-order valence-electron chi connectivity index (χ2n) is 7.40. The zero-order valence-corrected chi connectivity index (χ0v) is 19.0. The Bertz CT molecular complexity index is 1460. The Morgan fingerprint density at radius 2 is 1.82 bits per heavy atom. The van der Waals surface area contributed by atoms with E-state index >= 15 is 0 Å². The van der Waals surface area contributed by atoms with Crippen LogP contribution in [0.1, 0.15) is 0 Å². The summed E-state index contributed by atoms with van der Waals surface area (Å²) >= 11 is 1.24. The molecule has 0 radical (unpaired) electrons. The lowest BCUT2D eigenvalue weighted by Crippen LogP contribution is -2.15. The number of anilines is 1. The van der Waals surface area contributed by atoms with Crippen molar-refractivity contribution in [2.45, 2.75) is 5.16 Å². The van der Waals surface area contributed by atoms with Gasteiger partial charge in [-0.25, -0.2) is 4.39 Å². The fourth-order valence-electron chi connectivity index (χ4n) is 3.68.